The highest BCUT2D eigenvalue weighted by Gasteiger charge is 2.25. The lowest BCUT2D eigenvalue weighted by Gasteiger charge is -2.26. The van der Waals surface area contributed by atoms with Gasteiger partial charge in [-0.05, 0) is 73.2 Å². The minimum Gasteiger partial charge on any atom is -0.405 e. The maximum Gasteiger partial charge on any atom is 0.296 e. The Bertz CT molecular complexity index is 3330. The van der Waals surface area contributed by atoms with Crippen LogP contribution < -0.4 is 53.2 Å². The lowest BCUT2D eigenvalue weighted by Crippen LogP contribution is -2.42. The Morgan fingerprint density at radius 1 is 0.421 bits per heavy atom. The first kappa shape index (κ1) is 54.4. The molecule has 7 heterocycles. The first-order valence-electron chi connectivity index (χ1n) is 24.6. The van der Waals surface area contributed by atoms with Crippen LogP contribution in [0.5, 0.6) is 0 Å². The van der Waals surface area contributed by atoms with Crippen molar-refractivity contribution in [3.63, 3.8) is 0 Å². The molecule has 4 bridgehead atoms. The van der Waals surface area contributed by atoms with Gasteiger partial charge < -0.3 is 49.9 Å². The van der Waals surface area contributed by atoms with Gasteiger partial charge in [0.05, 0.1) is 0 Å². The van der Waals surface area contributed by atoms with Crippen LogP contribution in [-0.4, -0.2) is 116 Å². The second-order valence-electron chi connectivity index (χ2n) is 17.6. The van der Waals surface area contributed by atoms with E-state index in [9.17, 15) is 47.9 Å². The Morgan fingerprint density at radius 3 is 1.43 bits per heavy atom. The molecule has 0 saturated carbocycles. The molecule has 4 aromatic heterocycles. The summed E-state index contributed by atoms with van der Waals surface area (Å²) in [5.41, 5.74) is -2.12. The van der Waals surface area contributed by atoms with E-state index < -0.39 is 57.7 Å². The lowest BCUT2D eigenvalue weighted by atomic mass is 10.2. The number of amides is 6. The van der Waals surface area contributed by atoms with Crippen molar-refractivity contribution in [2.24, 2.45) is 14.1 Å². The maximum absolute atomic E-state index is 14.4. The summed E-state index contributed by atoms with van der Waals surface area (Å²) in [6.07, 6.45) is 1.07. The summed E-state index contributed by atoms with van der Waals surface area (Å²) in [5.74, 6) is -3.97. The van der Waals surface area contributed by atoms with Crippen molar-refractivity contribution in [2.75, 3.05) is 52.4 Å². The predicted molar refractivity (Wildman–Crippen MR) is 278 cm³/mol. The second-order valence-corrected chi connectivity index (χ2v) is 17.6. The number of nitrogens with zero attached hydrogens (tertiary/aromatic N) is 6. The number of pyridine rings is 4. The van der Waals surface area contributed by atoms with Gasteiger partial charge in [0.1, 0.15) is 47.1 Å². The van der Waals surface area contributed by atoms with E-state index in [0.29, 0.717) is 18.4 Å². The number of carbonyl (C=O) groups excluding carboxylic acids is 6. The highest BCUT2D eigenvalue weighted by molar-refractivity contribution is 5.98. The first-order valence-corrected chi connectivity index (χ1v) is 24.6. The molecule has 9 rings (SSSR count). The van der Waals surface area contributed by atoms with Crippen molar-refractivity contribution in [2.45, 2.75) is 38.9 Å². The van der Waals surface area contributed by atoms with Gasteiger partial charge in [-0.15, -0.1) is 9.46 Å². The van der Waals surface area contributed by atoms with E-state index in [0.717, 1.165) is 19.6 Å². The molecule has 76 heavy (non-hydrogen) atoms. The first-order chi connectivity index (χ1) is 36.7. The molecule has 0 atom stereocenters. The van der Waals surface area contributed by atoms with E-state index in [-0.39, 0.29) is 112 Å². The molecule has 0 fully saturated rings. The smallest absolute Gasteiger partial charge is 0.296 e. The minimum atomic E-state index is -0.934. The number of nitrogens with one attached hydrogen (secondary N) is 4. The van der Waals surface area contributed by atoms with E-state index in [1.54, 1.807) is 30.3 Å². The summed E-state index contributed by atoms with van der Waals surface area (Å²) < 4.78 is 3.90. The van der Waals surface area contributed by atoms with Gasteiger partial charge in [0.15, 0.2) is 0 Å². The molecule has 0 aliphatic carbocycles. The van der Waals surface area contributed by atoms with Gasteiger partial charge in [-0.25, -0.2) is 0 Å². The summed E-state index contributed by atoms with van der Waals surface area (Å²) in [5, 5.41) is 10.7. The van der Waals surface area contributed by atoms with Gasteiger partial charge in [-0.2, -0.15) is 0 Å². The van der Waals surface area contributed by atoms with Crippen LogP contribution in [0.25, 0.3) is 0 Å². The van der Waals surface area contributed by atoms with Crippen LogP contribution in [0.1, 0.15) is 99.5 Å². The van der Waals surface area contributed by atoms with E-state index in [4.69, 9.17) is 9.68 Å². The van der Waals surface area contributed by atoms with Crippen LogP contribution in [0.4, 0.5) is 0 Å². The molecule has 22 heteroatoms. The Morgan fingerprint density at radius 2 is 0.868 bits per heavy atom. The number of aromatic nitrogens is 4. The maximum atomic E-state index is 14.4. The molecule has 0 unspecified atom stereocenters. The standard InChI is InChI=1S/C54H58N10O12/c1-59-43(19-11-21-45(59)65)53(73)61-31-9-10-32-62(54(74)44-20-12-22-46(66)63(44)75-35-37-15-5-3-6-16-37)34-14-27-55-47(67)39-23-25-41(60(2)51(39)71)49(69)57-29-30-58-50(70)42-26-24-40(48(68)56-28-13-33-61)52(72)64(42)76-36-38-17-7-4-8-18-38/h3-8,11-12,15-26H,9-10,13-14,27-36H2,1-2H3,(H,55,67)(H,56,68)(H,57,69)(H,58,70). The topological polar surface area (TPSA) is 263 Å². The summed E-state index contributed by atoms with van der Waals surface area (Å²) in [6, 6.07) is 31.3. The third-order valence-electron chi connectivity index (χ3n) is 12.4. The normalized spacial score (nSPS) is 14.7. The molecule has 3 aliphatic heterocycles. The summed E-state index contributed by atoms with van der Waals surface area (Å²) >= 11 is 0. The van der Waals surface area contributed by atoms with Gasteiger partial charge in [0.25, 0.3) is 57.7 Å². The third-order valence-corrected chi connectivity index (χ3v) is 12.4. The highest BCUT2D eigenvalue weighted by atomic mass is 16.7. The second kappa shape index (κ2) is 26.0. The van der Waals surface area contributed by atoms with E-state index >= 15 is 0 Å². The summed E-state index contributed by atoms with van der Waals surface area (Å²) in [4.78, 5) is 150. The van der Waals surface area contributed by atoms with Gasteiger partial charge in [0, 0.05) is 78.6 Å². The van der Waals surface area contributed by atoms with E-state index in [2.05, 4.69) is 21.3 Å². The molecular formula is C54H58N10O12. The largest absolute Gasteiger partial charge is 0.405 e. The molecule has 3 aliphatic rings. The molecule has 396 valence electrons. The van der Waals surface area contributed by atoms with Crippen molar-refractivity contribution in [1.82, 2.24) is 49.7 Å². The van der Waals surface area contributed by atoms with Crippen molar-refractivity contribution in [3.05, 3.63) is 208 Å². The number of hydrogen-bond acceptors (Lipinski definition) is 12. The van der Waals surface area contributed by atoms with Gasteiger partial charge in [-0.1, -0.05) is 72.8 Å². The molecule has 0 radical (unpaired) electrons. The van der Waals surface area contributed by atoms with Crippen LogP contribution >= 0.6 is 0 Å². The lowest BCUT2D eigenvalue weighted by molar-refractivity contribution is 0.0576. The fourth-order valence-corrected chi connectivity index (χ4v) is 8.22. The molecule has 0 saturated heterocycles. The van der Waals surface area contributed by atoms with Crippen LogP contribution in [0.3, 0.4) is 0 Å². The molecule has 4 N–H and O–H groups in total. The van der Waals surface area contributed by atoms with Gasteiger partial charge in [0.2, 0.25) is 0 Å². The quantitative estimate of drug-likeness (QED) is 0.167. The number of carbonyl (C=O) groups is 6. The monoisotopic (exact) mass is 1040 g/mol. The molecule has 22 nitrogen and oxygen atoms in total. The molecule has 6 aromatic rings. The third kappa shape index (κ3) is 13.6. The average Bonchev–Trinajstić information content (AvgIpc) is 3.42. The molecule has 6 amide bonds. The van der Waals surface area contributed by atoms with Crippen LogP contribution in [0.2, 0.25) is 0 Å². The van der Waals surface area contributed by atoms with E-state index in [1.807, 2.05) is 30.3 Å². The summed E-state index contributed by atoms with van der Waals surface area (Å²) in [6.45, 7) is 0.0209. The predicted octanol–water partition coefficient (Wildman–Crippen LogP) is 1.14. The van der Waals surface area contributed by atoms with Crippen LogP contribution in [0.15, 0.2) is 141 Å². The number of benzene rings is 2. The SMILES string of the molecule is Cn1c(C(=O)N2CCCCN(C(=O)c3cccc(=O)n3OCc3ccccc3)CCCNC(=O)c3ccc(n(C)c3=O)C(=O)NCCNC(=O)c3ccc(c(=O)n3OCc3ccccc3)C(=O)NCCC2)cccc1=O. The minimum absolute atomic E-state index is 0.00329. The summed E-state index contributed by atoms with van der Waals surface area (Å²) in [7, 11) is 2.80. The van der Waals surface area contributed by atoms with Crippen LogP contribution in [-0.2, 0) is 27.3 Å². The zero-order chi connectivity index (χ0) is 54.1. The number of hydrogen-bond donors (Lipinski definition) is 4. The Labute approximate surface area is 435 Å². The van der Waals surface area contributed by atoms with Crippen molar-refractivity contribution in [1.29, 1.82) is 0 Å². The fourth-order valence-electron chi connectivity index (χ4n) is 8.22. The fraction of sp³-hybridized carbons (Fsp3) is 0.296. The Hall–Kier alpha value is -9.34. The van der Waals surface area contributed by atoms with Crippen LogP contribution in [0, 0.1) is 0 Å². The zero-order valence-electron chi connectivity index (χ0n) is 42.0. The molecule has 0 spiro atoms. The number of rotatable bonds is 8. The van der Waals surface area contributed by atoms with E-state index in [1.165, 1.54) is 89.1 Å². The Balaban J connectivity index is 1.16. The van der Waals surface area contributed by atoms with Gasteiger partial charge >= 0.3 is 0 Å². The highest BCUT2D eigenvalue weighted by Crippen LogP contribution is 2.12. The Kier molecular flexibility index (Phi) is 18.7. The average molecular weight is 1040 g/mol. The number of fused-ring (bicyclic) bond motifs is 2. The van der Waals surface area contributed by atoms with Crippen molar-refractivity contribution >= 4 is 35.4 Å². The van der Waals surface area contributed by atoms with Crippen molar-refractivity contribution < 1.29 is 38.4 Å². The zero-order valence-corrected chi connectivity index (χ0v) is 42.0. The molecule has 2 aromatic carbocycles. The molecular weight excluding hydrogens is 981 g/mol. The van der Waals surface area contributed by atoms with Crippen molar-refractivity contribution in [3.8, 4) is 0 Å². The van der Waals surface area contributed by atoms with Gasteiger partial charge in [-0.3, -0.25) is 47.9 Å².